The molecule has 0 fully saturated rings. The number of amides is 1. The average Bonchev–Trinajstić information content (AvgIpc) is 2.47. The lowest BCUT2D eigenvalue weighted by molar-refractivity contribution is -0.118. The standard InChI is InChI=1S/C18H22N2O2/c1-12(2)14-9-8-13(3)10-17(14)22-11-18(21)20-16-7-5-4-6-15(16)19/h4-10,12H,11,19H2,1-3H3,(H,20,21). The lowest BCUT2D eigenvalue weighted by atomic mass is 10.0. The van der Waals surface area contributed by atoms with Gasteiger partial charge in [-0.1, -0.05) is 38.1 Å². The topological polar surface area (TPSA) is 64.3 Å². The van der Waals surface area contributed by atoms with Crippen molar-refractivity contribution < 1.29 is 9.53 Å². The Balaban J connectivity index is 2.02. The zero-order valence-electron chi connectivity index (χ0n) is 13.2. The maximum atomic E-state index is 12.0. The van der Waals surface area contributed by atoms with E-state index in [1.165, 1.54) is 0 Å². The molecule has 0 spiro atoms. The predicted octanol–water partition coefficient (Wildman–Crippen LogP) is 3.72. The molecule has 3 N–H and O–H groups in total. The van der Waals surface area contributed by atoms with Crippen molar-refractivity contribution in [3.8, 4) is 5.75 Å². The third-order valence-corrected chi connectivity index (χ3v) is 3.38. The van der Waals surface area contributed by atoms with Gasteiger partial charge in [0.15, 0.2) is 6.61 Å². The van der Waals surface area contributed by atoms with E-state index in [4.69, 9.17) is 10.5 Å². The van der Waals surface area contributed by atoms with Crippen LogP contribution in [0.3, 0.4) is 0 Å². The molecule has 0 aliphatic carbocycles. The molecule has 0 heterocycles. The zero-order valence-corrected chi connectivity index (χ0v) is 13.2. The van der Waals surface area contributed by atoms with Gasteiger partial charge in [-0.25, -0.2) is 0 Å². The van der Waals surface area contributed by atoms with Crippen molar-refractivity contribution in [2.45, 2.75) is 26.7 Å². The number of nitrogens with one attached hydrogen (secondary N) is 1. The van der Waals surface area contributed by atoms with Crippen molar-refractivity contribution in [2.24, 2.45) is 0 Å². The number of para-hydroxylation sites is 2. The van der Waals surface area contributed by atoms with Gasteiger partial charge in [0.25, 0.3) is 5.91 Å². The Bertz CT molecular complexity index is 666. The van der Waals surface area contributed by atoms with E-state index in [-0.39, 0.29) is 12.5 Å². The van der Waals surface area contributed by atoms with Crippen LogP contribution in [0.4, 0.5) is 11.4 Å². The van der Waals surface area contributed by atoms with Crippen molar-refractivity contribution in [1.29, 1.82) is 0 Å². The number of benzene rings is 2. The second-order valence-electron chi connectivity index (χ2n) is 5.62. The highest BCUT2D eigenvalue weighted by Crippen LogP contribution is 2.27. The van der Waals surface area contributed by atoms with Crippen molar-refractivity contribution in [1.82, 2.24) is 0 Å². The van der Waals surface area contributed by atoms with Crippen molar-refractivity contribution >= 4 is 17.3 Å². The van der Waals surface area contributed by atoms with Gasteiger partial charge in [0.05, 0.1) is 11.4 Å². The van der Waals surface area contributed by atoms with Crippen LogP contribution in [0.25, 0.3) is 0 Å². The highest BCUT2D eigenvalue weighted by Gasteiger charge is 2.11. The molecule has 4 heteroatoms. The largest absolute Gasteiger partial charge is 0.483 e. The number of carbonyl (C=O) groups excluding carboxylic acids is 1. The van der Waals surface area contributed by atoms with Crippen LogP contribution in [0, 0.1) is 6.92 Å². The van der Waals surface area contributed by atoms with E-state index < -0.39 is 0 Å². The van der Waals surface area contributed by atoms with E-state index in [2.05, 4.69) is 19.2 Å². The van der Waals surface area contributed by atoms with Crippen LogP contribution in [0.2, 0.25) is 0 Å². The van der Waals surface area contributed by atoms with E-state index in [0.29, 0.717) is 17.3 Å². The minimum atomic E-state index is -0.228. The Morgan fingerprint density at radius 1 is 1.23 bits per heavy atom. The number of nitrogen functional groups attached to an aromatic ring is 1. The molecular weight excluding hydrogens is 276 g/mol. The summed E-state index contributed by atoms with van der Waals surface area (Å²) in [7, 11) is 0. The minimum Gasteiger partial charge on any atom is -0.483 e. The number of ether oxygens (including phenoxy) is 1. The summed E-state index contributed by atoms with van der Waals surface area (Å²) in [6.07, 6.45) is 0. The fraction of sp³-hybridized carbons (Fsp3) is 0.278. The monoisotopic (exact) mass is 298 g/mol. The molecule has 2 aromatic rings. The summed E-state index contributed by atoms with van der Waals surface area (Å²) in [4.78, 5) is 12.0. The van der Waals surface area contributed by atoms with Gasteiger partial charge < -0.3 is 15.8 Å². The summed E-state index contributed by atoms with van der Waals surface area (Å²) >= 11 is 0. The molecule has 0 saturated heterocycles. The van der Waals surface area contributed by atoms with Gasteiger partial charge in [0, 0.05) is 0 Å². The van der Waals surface area contributed by atoms with Gasteiger partial charge in [-0.05, 0) is 42.2 Å². The fourth-order valence-corrected chi connectivity index (χ4v) is 2.18. The first kappa shape index (κ1) is 15.9. The number of anilines is 2. The first-order valence-electron chi connectivity index (χ1n) is 7.35. The third-order valence-electron chi connectivity index (χ3n) is 3.38. The highest BCUT2D eigenvalue weighted by atomic mass is 16.5. The van der Waals surface area contributed by atoms with Crippen LogP contribution in [-0.2, 0) is 4.79 Å². The first-order valence-corrected chi connectivity index (χ1v) is 7.35. The summed E-state index contributed by atoms with van der Waals surface area (Å²) in [5, 5.41) is 2.75. The number of nitrogens with two attached hydrogens (primary N) is 1. The van der Waals surface area contributed by atoms with E-state index >= 15 is 0 Å². The van der Waals surface area contributed by atoms with E-state index in [0.717, 1.165) is 16.9 Å². The molecular formula is C18H22N2O2. The van der Waals surface area contributed by atoms with E-state index in [1.54, 1.807) is 12.1 Å². The second kappa shape index (κ2) is 6.98. The smallest absolute Gasteiger partial charge is 0.262 e. The van der Waals surface area contributed by atoms with Gasteiger partial charge in [0.1, 0.15) is 5.75 Å². The van der Waals surface area contributed by atoms with Crippen LogP contribution in [0.5, 0.6) is 5.75 Å². The van der Waals surface area contributed by atoms with Crippen molar-refractivity contribution in [2.75, 3.05) is 17.7 Å². The molecule has 22 heavy (non-hydrogen) atoms. The van der Waals surface area contributed by atoms with Gasteiger partial charge in [-0.3, -0.25) is 4.79 Å². The minimum absolute atomic E-state index is 0.0441. The molecule has 0 aliphatic rings. The Labute approximate surface area is 131 Å². The summed E-state index contributed by atoms with van der Waals surface area (Å²) in [6, 6.07) is 13.2. The lowest BCUT2D eigenvalue weighted by Gasteiger charge is -2.15. The van der Waals surface area contributed by atoms with Crippen LogP contribution < -0.4 is 15.8 Å². The van der Waals surface area contributed by atoms with Crippen LogP contribution >= 0.6 is 0 Å². The number of aryl methyl sites for hydroxylation is 1. The second-order valence-corrected chi connectivity index (χ2v) is 5.62. The Hall–Kier alpha value is -2.49. The molecule has 116 valence electrons. The molecule has 1 amide bonds. The summed E-state index contributed by atoms with van der Waals surface area (Å²) in [5.74, 6) is 0.865. The molecule has 2 rings (SSSR count). The normalized spacial score (nSPS) is 10.5. The van der Waals surface area contributed by atoms with Gasteiger partial charge in [-0.2, -0.15) is 0 Å². The van der Waals surface area contributed by atoms with E-state index in [1.807, 2.05) is 37.3 Å². The molecule has 0 aromatic heterocycles. The average molecular weight is 298 g/mol. The summed E-state index contributed by atoms with van der Waals surface area (Å²) < 4.78 is 5.70. The van der Waals surface area contributed by atoms with Gasteiger partial charge >= 0.3 is 0 Å². The van der Waals surface area contributed by atoms with Crippen molar-refractivity contribution in [3.63, 3.8) is 0 Å². The van der Waals surface area contributed by atoms with Gasteiger partial charge in [-0.15, -0.1) is 0 Å². The molecule has 0 unspecified atom stereocenters. The zero-order chi connectivity index (χ0) is 16.1. The highest BCUT2D eigenvalue weighted by molar-refractivity contribution is 5.94. The molecule has 0 atom stereocenters. The van der Waals surface area contributed by atoms with Crippen molar-refractivity contribution in [3.05, 3.63) is 53.6 Å². The molecule has 0 radical (unpaired) electrons. The Kier molecular flexibility index (Phi) is 5.04. The number of carbonyl (C=O) groups is 1. The summed E-state index contributed by atoms with van der Waals surface area (Å²) in [6.45, 7) is 6.16. The SMILES string of the molecule is Cc1ccc(C(C)C)c(OCC(=O)Nc2ccccc2N)c1. The molecule has 2 aromatic carbocycles. The number of hydrogen-bond acceptors (Lipinski definition) is 3. The number of rotatable bonds is 5. The fourth-order valence-electron chi connectivity index (χ4n) is 2.18. The Morgan fingerprint density at radius 3 is 2.64 bits per heavy atom. The molecule has 0 bridgehead atoms. The maximum absolute atomic E-state index is 12.0. The third kappa shape index (κ3) is 4.01. The van der Waals surface area contributed by atoms with E-state index in [9.17, 15) is 4.79 Å². The van der Waals surface area contributed by atoms with Gasteiger partial charge in [0.2, 0.25) is 0 Å². The lowest BCUT2D eigenvalue weighted by Crippen LogP contribution is -2.21. The Morgan fingerprint density at radius 2 is 1.95 bits per heavy atom. The molecule has 0 saturated carbocycles. The predicted molar refractivity (Wildman–Crippen MR) is 90.2 cm³/mol. The quantitative estimate of drug-likeness (QED) is 0.827. The van der Waals surface area contributed by atoms with Crippen LogP contribution in [0.1, 0.15) is 30.9 Å². The number of hydrogen-bond donors (Lipinski definition) is 2. The summed E-state index contributed by atoms with van der Waals surface area (Å²) in [5.41, 5.74) is 9.14. The maximum Gasteiger partial charge on any atom is 0.262 e. The van der Waals surface area contributed by atoms with Crippen LogP contribution in [0.15, 0.2) is 42.5 Å². The molecule has 0 aliphatic heterocycles. The molecule has 4 nitrogen and oxygen atoms in total. The first-order chi connectivity index (χ1) is 10.5. The van der Waals surface area contributed by atoms with Crippen LogP contribution in [-0.4, -0.2) is 12.5 Å².